The zero-order valence-corrected chi connectivity index (χ0v) is 21.1. The van der Waals surface area contributed by atoms with Crippen LogP contribution in [0.25, 0.3) is 0 Å². The highest BCUT2D eigenvalue weighted by Gasteiger charge is 2.60. The topological polar surface area (TPSA) is 68.1 Å². The molecule has 4 aliphatic carbocycles. The quantitative estimate of drug-likeness (QED) is 0.371. The number of fused-ring (bicyclic) bond motifs is 5. The summed E-state index contributed by atoms with van der Waals surface area (Å²) in [7, 11) is 0. The van der Waals surface area contributed by atoms with Crippen molar-refractivity contribution in [1.82, 2.24) is 0 Å². The van der Waals surface area contributed by atoms with Gasteiger partial charge in [-0.05, 0) is 130 Å². The Morgan fingerprint density at radius 1 is 0.879 bits per heavy atom. The average Bonchev–Trinajstić information content (AvgIpc) is 3.18. The number of hydrogen-bond donors (Lipinski definition) is 0. The third-order valence-corrected chi connectivity index (χ3v) is 12.0. The van der Waals surface area contributed by atoms with E-state index in [1.807, 2.05) is 0 Å². The van der Waals surface area contributed by atoms with Gasteiger partial charge >= 0.3 is 0 Å². The molecule has 5 rings (SSSR count). The molecule has 186 valence electrons. The van der Waals surface area contributed by atoms with Gasteiger partial charge in [0.2, 0.25) is 0 Å². The molecule has 9 atom stereocenters. The minimum Gasteiger partial charge on any atom is -0.381 e. The highest BCUT2D eigenvalue weighted by Crippen LogP contribution is 2.68. The fourth-order valence-electron chi connectivity index (χ4n) is 9.96. The highest BCUT2D eigenvalue weighted by atomic mass is 16.5. The molecule has 0 spiro atoms. The molecule has 1 heterocycles. The Kier molecular flexibility index (Phi) is 6.99. The van der Waals surface area contributed by atoms with E-state index < -0.39 is 0 Å². The van der Waals surface area contributed by atoms with Crippen LogP contribution >= 0.6 is 0 Å². The van der Waals surface area contributed by atoms with Crippen molar-refractivity contribution in [3.63, 3.8) is 0 Å². The van der Waals surface area contributed by atoms with E-state index in [0.717, 1.165) is 81.3 Å². The van der Waals surface area contributed by atoms with E-state index in [-0.39, 0.29) is 12.1 Å². The lowest BCUT2D eigenvalue weighted by molar-refractivity contribution is -0.113. The van der Waals surface area contributed by atoms with Crippen LogP contribution in [-0.4, -0.2) is 25.3 Å². The second-order valence-corrected chi connectivity index (χ2v) is 13.1. The smallest absolute Gasteiger partial charge is 0.0949 e. The van der Waals surface area contributed by atoms with Crippen LogP contribution in [0.4, 0.5) is 0 Å². The second-order valence-electron chi connectivity index (χ2n) is 13.1. The summed E-state index contributed by atoms with van der Waals surface area (Å²) in [6, 6.07) is 0.0796. The lowest BCUT2D eigenvalue weighted by Gasteiger charge is -2.61. The number of nitroso groups, excluding NO2 is 2. The Hall–Kier alpha value is -0.840. The monoisotopic (exact) mass is 458 g/mol. The molecule has 0 aromatic rings. The predicted molar refractivity (Wildman–Crippen MR) is 132 cm³/mol. The van der Waals surface area contributed by atoms with E-state index in [9.17, 15) is 9.81 Å². The van der Waals surface area contributed by atoms with Crippen molar-refractivity contribution in [1.29, 1.82) is 0 Å². The van der Waals surface area contributed by atoms with Crippen LogP contribution < -0.4 is 0 Å². The first-order chi connectivity index (χ1) is 16.0. The molecular formula is C28H46N2O3. The van der Waals surface area contributed by atoms with E-state index in [1.165, 1.54) is 51.4 Å². The molecule has 5 fully saturated rings. The molecule has 0 bridgehead atoms. The number of rotatable bonds is 7. The average molecular weight is 459 g/mol. The van der Waals surface area contributed by atoms with Gasteiger partial charge in [-0.15, -0.1) is 0 Å². The molecule has 1 saturated heterocycles. The summed E-state index contributed by atoms with van der Waals surface area (Å²) in [4.78, 5) is 22.8. The van der Waals surface area contributed by atoms with Crippen LogP contribution in [0.5, 0.6) is 0 Å². The van der Waals surface area contributed by atoms with Crippen molar-refractivity contribution < 1.29 is 4.74 Å². The van der Waals surface area contributed by atoms with E-state index in [4.69, 9.17) is 4.74 Å². The summed E-state index contributed by atoms with van der Waals surface area (Å²) in [5, 5.41) is 7.00. The molecule has 5 aliphatic rings. The van der Waals surface area contributed by atoms with E-state index in [2.05, 4.69) is 24.2 Å². The van der Waals surface area contributed by atoms with Crippen LogP contribution in [0.3, 0.4) is 0 Å². The van der Waals surface area contributed by atoms with Crippen molar-refractivity contribution in [2.45, 2.75) is 116 Å². The maximum atomic E-state index is 11.6. The fraction of sp³-hybridized carbons (Fsp3) is 1.00. The van der Waals surface area contributed by atoms with Gasteiger partial charge in [0.1, 0.15) is 0 Å². The normalized spacial score (nSPS) is 46.6. The fourth-order valence-corrected chi connectivity index (χ4v) is 9.96. The van der Waals surface area contributed by atoms with E-state index in [0.29, 0.717) is 16.7 Å². The lowest BCUT2D eigenvalue weighted by atomic mass is 9.44. The van der Waals surface area contributed by atoms with Crippen molar-refractivity contribution in [3.8, 4) is 0 Å². The Morgan fingerprint density at radius 2 is 1.64 bits per heavy atom. The first kappa shape index (κ1) is 23.9. The zero-order valence-electron chi connectivity index (χ0n) is 21.1. The summed E-state index contributed by atoms with van der Waals surface area (Å²) < 4.78 is 5.48. The van der Waals surface area contributed by atoms with Crippen LogP contribution in [0.1, 0.15) is 104 Å². The molecule has 33 heavy (non-hydrogen) atoms. The van der Waals surface area contributed by atoms with Crippen molar-refractivity contribution in [3.05, 3.63) is 9.81 Å². The van der Waals surface area contributed by atoms with E-state index in [1.54, 1.807) is 0 Å². The predicted octanol–water partition coefficient (Wildman–Crippen LogP) is 7.51. The minimum atomic E-state index is 0.000790. The van der Waals surface area contributed by atoms with Gasteiger partial charge in [0, 0.05) is 13.2 Å². The van der Waals surface area contributed by atoms with Crippen molar-refractivity contribution in [2.24, 2.45) is 56.7 Å². The van der Waals surface area contributed by atoms with Gasteiger partial charge in [-0.25, -0.2) is 0 Å². The number of hydrogen-bond acceptors (Lipinski definition) is 5. The molecule has 5 heteroatoms. The van der Waals surface area contributed by atoms with Crippen LogP contribution in [0, 0.1) is 56.2 Å². The first-order valence-electron chi connectivity index (χ1n) is 14.2. The largest absolute Gasteiger partial charge is 0.381 e. The van der Waals surface area contributed by atoms with E-state index >= 15 is 0 Å². The summed E-state index contributed by atoms with van der Waals surface area (Å²) in [6.07, 6.45) is 17.0. The van der Waals surface area contributed by atoms with Gasteiger partial charge in [-0.3, -0.25) is 0 Å². The van der Waals surface area contributed by atoms with Crippen LogP contribution in [0.2, 0.25) is 0 Å². The van der Waals surface area contributed by atoms with Crippen LogP contribution in [0.15, 0.2) is 10.4 Å². The summed E-state index contributed by atoms with van der Waals surface area (Å²) in [6.45, 7) is 6.80. The zero-order chi connectivity index (χ0) is 23.1. The van der Waals surface area contributed by atoms with Crippen LogP contribution in [-0.2, 0) is 4.74 Å². The maximum Gasteiger partial charge on any atom is 0.0949 e. The van der Waals surface area contributed by atoms with Crippen molar-refractivity contribution in [2.75, 3.05) is 13.2 Å². The molecule has 5 nitrogen and oxygen atoms in total. The summed E-state index contributed by atoms with van der Waals surface area (Å²) in [5.41, 5.74) is 0.935. The summed E-state index contributed by atoms with van der Waals surface area (Å²) in [5.74, 6) is 4.62. The SMILES string of the molecule is CC12CCC3C(CCC4CC(N=O)CCC43C)C1CCC2CCCC(N=O)C1CCOCC1. The molecule has 0 amide bonds. The molecular weight excluding hydrogens is 412 g/mol. The third-order valence-electron chi connectivity index (χ3n) is 12.0. The molecule has 9 unspecified atom stereocenters. The Labute approximate surface area is 200 Å². The number of nitrogens with zero attached hydrogens (tertiary/aromatic N) is 2. The lowest BCUT2D eigenvalue weighted by Crippen LogP contribution is -2.53. The minimum absolute atomic E-state index is 0.000790. The third kappa shape index (κ3) is 4.23. The van der Waals surface area contributed by atoms with Gasteiger partial charge in [0.15, 0.2) is 0 Å². The molecule has 4 saturated carbocycles. The van der Waals surface area contributed by atoms with Crippen molar-refractivity contribution >= 4 is 0 Å². The van der Waals surface area contributed by atoms with Gasteiger partial charge < -0.3 is 4.74 Å². The Bertz CT molecular complexity index is 709. The first-order valence-corrected chi connectivity index (χ1v) is 14.2. The van der Waals surface area contributed by atoms with Gasteiger partial charge in [-0.1, -0.05) is 30.6 Å². The highest BCUT2D eigenvalue weighted by molar-refractivity contribution is 5.09. The molecule has 0 N–H and O–H groups in total. The van der Waals surface area contributed by atoms with Gasteiger partial charge in [0.05, 0.1) is 12.1 Å². The molecule has 1 aliphatic heterocycles. The standard InChI is InChI=1S/C28H46N2O3/c1-27-15-11-25-23(8-6-21-18-22(29-31)10-14-28(21,25)2)24(27)9-7-20(27)4-3-5-26(30-32)19-12-16-33-17-13-19/h19-26H,3-18H2,1-2H3. The van der Waals surface area contributed by atoms with Gasteiger partial charge in [0.25, 0.3) is 0 Å². The molecule has 0 aromatic heterocycles. The summed E-state index contributed by atoms with van der Waals surface area (Å²) >= 11 is 0. The Morgan fingerprint density at radius 3 is 2.39 bits per heavy atom. The maximum absolute atomic E-state index is 11.6. The molecule has 0 radical (unpaired) electrons. The number of ether oxygens (including phenoxy) is 1. The van der Waals surface area contributed by atoms with Gasteiger partial charge in [-0.2, -0.15) is 9.81 Å². The second kappa shape index (κ2) is 9.66. The molecule has 0 aromatic carbocycles. The Balaban J connectivity index is 1.20.